The predicted molar refractivity (Wildman–Crippen MR) is 99.8 cm³/mol. The summed E-state index contributed by atoms with van der Waals surface area (Å²) in [6.07, 6.45) is 1.10. The van der Waals surface area contributed by atoms with Gasteiger partial charge in [-0.25, -0.2) is 4.79 Å². The minimum atomic E-state index is -1.04. The van der Waals surface area contributed by atoms with Crippen molar-refractivity contribution in [3.63, 3.8) is 0 Å². The van der Waals surface area contributed by atoms with E-state index >= 15 is 0 Å². The number of benzene rings is 1. The molecular formula is C19H21N3O3S. The second kappa shape index (κ2) is 6.92. The van der Waals surface area contributed by atoms with Gasteiger partial charge in [-0.15, -0.1) is 11.3 Å². The van der Waals surface area contributed by atoms with Crippen molar-refractivity contribution in [2.45, 2.75) is 39.2 Å². The van der Waals surface area contributed by atoms with Crippen LogP contribution in [0, 0.1) is 13.8 Å². The third-order valence-corrected chi connectivity index (χ3v) is 5.48. The summed E-state index contributed by atoms with van der Waals surface area (Å²) in [5.74, 6) is -0.904. The highest BCUT2D eigenvalue weighted by Gasteiger charge is 2.48. The van der Waals surface area contributed by atoms with Gasteiger partial charge in [0.05, 0.1) is 5.56 Å². The molecule has 7 heteroatoms. The highest BCUT2D eigenvalue weighted by molar-refractivity contribution is 7.12. The zero-order valence-electron chi connectivity index (χ0n) is 15.0. The van der Waals surface area contributed by atoms with Crippen molar-refractivity contribution < 1.29 is 14.4 Å². The van der Waals surface area contributed by atoms with E-state index in [1.54, 1.807) is 13.0 Å². The Hall–Kier alpha value is -2.67. The number of imide groups is 1. The van der Waals surface area contributed by atoms with E-state index in [0.29, 0.717) is 18.4 Å². The van der Waals surface area contributed by atoms with Gasteiger partial charge in [0.1, 0.15) is 5.54 Å². The van der Waals surface area contributed by atoms with Crippen molar-refractivity contribution in [2.75, 3.05) is 0 Å². The number of urea groups is 1. The third kappa shape index (κ3) is 3.48. The van der Waals surface area contributed by atoms with E-state index in [1.165, 1.54) is 11.3 Å². The lowest BCUT2D eigenvalue weighted by molar-refractivity contribution is -0.132. The molecule has 6 nitrogen and oxygen atoms in total. The minimum Gasteiger partial charge on any atom is -0.322 e. The number of carbonyl (C=O) groups is 3. The molecule has 0 bridgehead atoms. The molecule has 4 amide bonds. The fraction of sp³-hybridized carbons (Fsp3) is 0.316. The molecule has 2 heterocycles. The van der Waals surface area contributed by atoms with E-state index in [9.17, 15) is 14.4 Å². The van der Waals surface area contributed by atoms with Gasteiger partial charge < -0.3 is 5.32 Å². The summed E-state index contributed by atoms with van der Waals surface area (Å²) in [6.45, 7) is 5.42. The van der Waals surface area contributed by atoms with Crippen molar-refractivity contribution in [1.29, 1.82) is 0 Å². The summed E-state index contributed by atoms with van der Waals surface area (Å²) < 4.78 is 0. The van der Waals surface area contributed by atoms with Gasteiger partial charge in [0.2, 0.25) is 0 Å². The van der Waals surface area contributed by atoms with Crippen LogP contribution >= 0.6 is 11.3 Å². The SMILES string of the molecule is Cc1cc(C(=O)NN2C(=O)NC(C)(CCc3ccccc3)C2=O)c(C)s1. The molecule has 1 aromatic heterocycles. The standard InChI is InChI=1S/C19H21N3O3S/c1-12-11-15(13(2)26-12)16(23)21-22-17(24)19(3,20-18(22)25)10-9-14-7-5-4-6-8-14/h4-8,11H,9-10H2,1-3H3,(H,20,25)(H,21,23). The predicted octanol–water partition coefficient (Wildman–Crippen LogP) is 2.95. The summed E-state index contributed by atoms with van der Waals surface area (Å²) in [7, 11) is 0. The molecule has 1 saturated heterocycles. The molecule has 26 heavy (non-hydrogen) atoms. The van der Waals surface area contributed by atoms with E-state index < -0.39 is 23.4 Å². The second-order valence-corrected chi connectivity index (χ2v) is 8.12. The first-order valence-corrected chi connectivity index (χ1v) is 9.20. The summed E-state index contributed by atoms with van der Waals surface area (Å²) >= 11 is 1.50. The van der Waals surface area contributed by atoms with Gasteiger partial charge in [-0.2, -0.15) is 5.01 Å². The number of carbonyl (C=O) groups excluding carboxylic acids is 3. The quantitative estimate of drug-likeness (QED) is 0.793. The summed E-state index contributed by atoms with van der Waals surface area (Å²) in [4.78, 5) is 39.3. The van der Waals surface area contributed by atoms with Gasteiger partial charge >= 0.3 is 6.03 Å². The number of hydrogen-bond acceptors (Lipinski definition) is 4. The second-order valence-electron chi connectivity index (χ2n) is 6.66. The van der Waals surface area contributed by atoms with Gasteiger partial charge in [-0.3, -0.25) is 15.0 Å². The van der Waals surface area contributed by atoms with Gasteiger partial charge in [0.15, 0.2) is 0 Å². The zero-order valence-corrected chi connectivity index (χ0v) is 15.8. The van der Waals surface area contributed by atoms with E-state index in [4.69, 9.17) is 0 Å². The number of nitrogens with one attached hydrogen (secondary N) is 2. The summed E-state index contributed by atoms with van der Waals surface area (Å²) in [6, 6.07) is 10.9. The first-order valence-electron chi connectivity index (χ1n) is 8.39. The Labute approximate surface area is 156 Å². The van der Waals surface area contributed by atoms with Crippen LogP contribution in [0.3, 0.4) is 0 Å². The topological polar surface area (TPSA) is 78.5 Å². The van der Waals surface area contributed by atoms with Crippen molar-refractivity contribution in [3.8, 4) is 0 Å². The van der Waals surface area contributed by atoms with E-state index in [-0.39, 0.29) is 0 Å². The lowest BCUT2D eigenvalue weighted by Crippen LogP contribution is -2.49. The smallest absolute Gasteiger partial charge is 0.322 e. The van der Waals surface area contributed by atoms with Crippen molar-refractivity contribution in [3.05, 3.63) is 57.3 Å². The van der Waals surface area contributed by atoms with Gasteiger partial charge in [0, 0.05) is 9.75 Å². The fourth-order valence-electron chi connectivity index (χ4n) is 3.01. The van der Waals surface area contributed by atoms with Crippen LogP contribution in [0.4, 0.5) is 4.79 Å². The molecule has 1 aromatic carbocycles. The Bertz CT molecular complexity index is 862. The molecule has 2 N–H and O–H groups in total. The molecule has 3 rings (SSSR count). The number of amides is 4. The van der Waals surface area contributed by atoms with Crippen LogP contribution in [0.5, 0.6) is 0 Å². The minimum absolute atomic E-state index is 0.448. The number of nitrogens with zero attached hydrogens (tertiary/aromatic N) is 1. The molecule has 2 aromatic rings. The van der Waals surface area contributed by atoms with E-state index in [0.717, 1.165) is 20.3 Å². The van der Waals surface area contributed by atoms with Crippen LogP contribution in [0.15, 0.2) is 36.4 Å². The van der Waals surface area contributed by atoms with Gasteiger partial charge in [-0.1, -0.05) is 30.3 Å². The van der Waals surface area contributed by atoms with Crippen molar-refractivity contribution in [2.24, 2.45) is 0 Å². The molecule has 1 unspecified atom stereocenters. The summed E-state index contributed by atoms with van der Waals surface area (Å²) in [5.41, 5.74) is 2.96. The maximum Gasteiger partial charge on any atom is 0.344 e. The van der Waals surface area contributed by atoms with E-state index in [2.05, 4.69) is 10.7 Å². The molecule has 0 aliphatic carbocycles. The van der Waals surface area contributed by atoms with Crippen molar-refractivity contribution in [1.82, 2.24) is 15.8 Å². The zero-order chi connectivity index (χ0) is 18.9. The van der Waals surface area contributed by atoms with Crippen LogP contribution in [0.1, 0.15) is 39.0 Å². The van der Waals surface area contributed by atoms with Crippen LogP contribution in [-0.4, -0.2) is 28.4 Å². The Morgan fingerprint density at radius 1 is 1.23 bits per heavy atom. The number of hydrogen-bond donors (Lipinski definition) is 2. The van der Waals surface area contributed by atoms with Crippen LogP contribution in [0.2, 0.25) is 0 Å². The number of aryl methyl sites for hydroxylation is 3. The lowest BCUT2D eigenvalue weighted by Gasteiger charge is -2.21. The molecule has 0 spiro atoms. The van der Waals surface area contributed by atoms with Crippen LogP contribution < -0.4 is 10.7 Å². The van der Waals surface area contributed by atoms with Crippen molar-refractivity contribution >= 4 is 29.2 Å². The molecule has 1 aliphatic rings. The number of hydrazine groups is 1. The third-order valence-electron chi connectivity index (χ3n) is 4.52. The van der Waals surface area contributed by atoms with Crippen LogP contribution in [-0.2, 0) is 11.2 Å². The number of rotatable bonds is 5. The maximum absolute atomic E-state index is 12.7. The van der Waals surface area contributed by atoms with Gasteiger partial charge in [-0.05, 0) is 45.2 Å². The largest absolute Gasteiger partial charge is 0.344 e. The average Bonchev–Trinajstić information content (AvgIpc) is 3.05. The molecule has 1 fully saturated rings. The lowest BCUT2D eigenvalue weighted by atomic mass is 9.93. The first kappa shape index (κ1) is 18.1. The normalized spacial score (nSPS) is 19.6. The maximum atomic E-state index is 12.7. The Balaban J connectivity index is 1.70. The summed E-state index contributed by atoms with van der Waals surface area (Å²) in [5, 5.41) is 3.49. The first-order chi connectivity index (χ1) is 12.3. The highest BCUT2D eigenvalue weighted by atomic mass is 32.1. The van der Waals surface area contributed by atoms with E-state index in [1.807, 2.05) is 44.2 Å². The Morgan fingerprint density at radius 3 is 2.54 bits per heavy atom. The molecular weight excluding hydrogens is 350 g/mol. The number of thiophene rings is 1. The molecule has 0 radical (unpaired) electrons. The Kier molecular flexibility index (Phi) is 4.82. The molecule has 136 valence electrons. The van der Waals surface area contributed by atoms with Gasteiger partial charge in [0.25, 0.3) is 11.8 Å². The monoisotopic (exact) mass is 371 g/mol. The molecule has 1 atom stereocenters. The average molecular weight is 371 g/mol. The Morgan fingerprint density at radius 2 is 1.92 bits per heavy atom. The fourth-order valence-corrected chi connectivity index (χ4v) is 3.93. The molecule has 0 saturated carbocycles. The van der Waals surface area contributed by atoms with Crippen LogP contribution in [0.25, 0.3) is 0 Å². The molecule has 1 aliphatic heterocycles. The highest BCUT2D eigenvalue weighted by Crippen LogP contribution is 2.24.